The van der Waals surface area contributed by atoms with Crippen LogP contribution in [0.25, 0.3) is 21.9 Å². The molecule has 0 atom stereocenters. The van der Waals surface area contributed by atoms with Gasteiger partial charge in [-0.1, -0.05) is 12.1 Å². The molecule has 0 aliphatic rings. The Kier molecular flexibility index (Phi) is 4.34. The van der Waals surface area contributed by atoms with E-state index in [1.165, 1.54) is 12.1 Å². The Bertz CT molecular complexity index is 1250. The number of nitro groups is 1. The molecule has 0 aliphatic heterocycles. The predicted octanol–water partition coefficient (Wildman–Crippen LogP) is 4.29. The molecule has 2 aromatic carbocycles. The van der Waals surface area contributed by atoms with Crippen LogP contribution in [-0.4, -0.2) is 24.9 Å². The number of carbonyl (C=O) groups excluding carboxylic acids is 1. The lowest BCUT2D eigenvalue weighted by Gasteiger charge is -2.24. The van der Waals surface area contributed by atoms with Gasteiger partial charge in [-0.2, -0.15) is 0 Å². The molecule has 2 aromatic heterocycles. The van der Waals surface area contributed by atoms with Crippen LogP contribution in [0.2, 0.25) is 0 Å². The number of para-hydroxylation sites is 2. The van der Waals surface area contributed by atoms with E-state index >= 15 is 0 Å². The van der Waals surface area contributed by atoms with Crippen LogP contribution in [0.3, 0.4) is 0 Å². The maximum atomic E-state index is 12.8. The minimum Gasteiger partial charge on any atom is -0.338 e. The normalized spacial score (nSPS) is 11.8. The van der Waals surface area contributed by atoms with Gasteiger partial charge in [0.05, 0.1) is 16.0 Å². The number of hydrogen-bond acceptors (Lipinski definition) is 4. The fourth-order valence-corrected chi connectivity index (χ4v) is 3.55. The number of anilines is 1. The number of non-ortho nitro benzene ring substituents is 1. The molecule has 2 heterocycles. The highest BCUT2D eigenvalue weighted by Gasteiger charge is 2.22. The summed E-state index contributed by atoms with van der Waals surface area (Å²) in [6.45, 7) is 6.25. The standard InChI is InChI=1S/C21H21N5O3/c1-21(2,3)25-18-7-5-4-6-16(18)22-20(25)23-19(27)13-24-11-10-14-12-15(26(28)29)8-9-17(14)24/h4-12H,13H2,1-3H3,(H,22,23,27). The number of nitrogens with zero attached hydrogens (tertiary/aromatic N) is 4. The number of nitrogens with one attached hydrogen (secondary N) is 1. The molecule has 0 saturated carbocycles. The van der Waals surface area contributed by atoms with Crippen molar-refractivity contribution < 1.29 is 9.72 Å². The maximum Gasteiger partial charge on any atom is 0.270 e. The molecule has 4 aromatic rings. The second kappa shape index (κ2) is 6.73. The van der Waals surface area contributed by atoms with E-state index in [-0.39, 0.29) is 23.7 Å². The van der Waals surface area contributed by atoms with Crippen LogP contribution in [-0.2, 0) is 16.9 Å². The topological polar surface area (TPSA) is 95.0 Å². The van der Waals surface area contributed by atoms with Crippen LogP contribution in [0, 0.1) is 10.1 Å². The van der Waals surface area contributed by atoms with Gasteiger partial charge >= 0.3 is 0 Å². The Morgan fingerprint density at radius 1 is 1.14 bits per heavy atom. The molecular weight excluding hydrogens is 370 g/mol. The molecular formula is C21H21N5O3. The van der Waals surface area contributed by atoms with Crippen molar-refractivity contribution in [1.29, 1.82) is 0 Å². The van der Waals surface area contributed by atoms with Gasteiger partial charge in [-0.3, -0.25) is 20.2 Å². The number of nitro benzene ring substituents is 1. The highest BCUT2D eigenvalue weighted by Crippen LogP contribution is 2.28. The summed E-state index contributed by atoms with van der Waals surface area (Å²) in [6, 6.07) is 14.1. The van der Waals surface area contributed by atoms with E-state index < -0.39 is 4.92 Å². The second-order valence-corrected chi connectivity index (χ2v) is 7.92. The van der Waals surface area contributed by atoms with E-state index in [1.54, 1.807) is 22.9 Å². The van der Waals surface area contributed by atoms with E-state index in [0.29, 0.717) is 11.3 Å². The van der Waals surface area contributed by atoms with Gasteiger partial charge in [-0.15, -0.1) is 0 Å². The van der Waals surface area contributed by atoms with Gasteiger partial charge in [-0.25, -0.2) is 4.98 Å². The largest absolute Gasteiger partial charge is 0.338 e. The summed E-state index contributed by atoms with van der Waals surface area (Å²) >= 11 is 0. The van der Waals surface area contributed by atoms with Crippen molar-refractivity contribution in [2.24, 2.45) is 0 Å². The molecule has 1 N–H and O–H groups in total. The van der Waals surface area contributed by atoms with Gasteiger partial charge in [0.2, 0.25) is 11.9 Å². The molecule has 4 rings (SSSR count). The number of imidazole rings is 1. The molecule has 148 valence electrons. The van der Waals surface area contributed by atoms with Crippen molar-refractivity contribution in [2.45, 2.75) is 32.9 Å². The first kappa shape index (κ1) is 18.7. The highest BCUT2D eigenvalue weighted by molar-refractivity contribution is 5.93. The monoisotopic (exact) mass is 391 g/mol. The van der Waals surface area contributed by atoms with Crippen LogP contribution in [0.1, 0.15) is 20.8 Å². The molecule has 8 heteroatoms. The first-order chi connectivity index (χ1) is 13.7. The Hall–Kier alpha value is -3.68. The van der Waals surface area contributed by atoms with Crippen molar-refractivity contribution >= 4 is 39.5 Å². The second-order valence-electron chi connectivity index (χ2n) is 7.92. The predicted molar refractivity (Wildman–Crippen MR) is 112 cm³/mol. The van der Waals surface area contributed by atoms with Crippen molar-refractivity contribution in [1.82, 2.24) is 14.1 Å². The van der Waals surface area contributed by atoms with Crippen LogP contribution in [0.5, 0.6) is 0 Å². The van der Waals surface area contributed by atoms with Crippen LogP contribution in [0.15, 0.2) is 54.7 Å². The summed E-state index contributed by atoms with van der Waals surface area (Å²) in [4.78, 5) is 27.9. The summed E-state index contributed by atoms with van der Waals surface area (Å²) in [5.74, 6) is 0.275. The minimum absolute atomic E-state index is 0.0265. The molecule has 1 amide bonds. The third kappa shape index (κ3) is 3.44. The van der Waals surface area contributed by atoms with Crippen molar-refractivity contribution in [3.63, 3.8) is 0 Å². The van der Waals surface area contributed by atoms with E-state index in [1.807, 2.05) is 28.8 Å². The summed E-state index contributed by atoms with van der Waals surface area (Å²) in [5, 5.41) is 14.6. The zero-order chi connectivity index (χ0) is 20.8. The number of aromatic nitrogens is 3. The van der Waals surface area contributed by atoms with Gasteiger partial charge in [0.1, 0.15) is 6.54 Å². The lowest BCUT2D eigenvalue weighted by molar-refractivity contribution is -0.384. The Balaban J connectivity index is 1.63. The summed E-state index contributed by atoms with van der Waals surface area (Å²) < 4.78 is 3.77. The van der Waals surface area contributed by atoms with Crippen LogP contribution < -0.4 is 5.32 Å². The fourth-order valence-electron chi connectivity index (χ4n) is 3.55. The number of fused-ring (bicyclic) bond motifs is 2. The molecule has 0 saturated heterocycles. The van der Waals surface area contributed by atoms with Gasteiger partial charge < -0.3 is 9.13 Å². The first-order valence-electron chi connectivity index (χ1n) is 9.25. The Morgan fingerprint density at radius 2 is 1.90 bits per heavy atom. The lowest BCUT2D eigenvalue weighted by atomic mass is 10.1. The van der Waals surface area contributed by atoms with Crippen molar-refractivity contribution in [2.75, 3.05) is 5.32 Å². The number of carbonyl (C=O) groups is 1. The summed E-state index contributed by atoms with van der Waals surface area (Å²) in [5.41, 5.74) is 2.29. The summed E-state index contributed by atoms with van der Waals surface area (Å²) in [6.07, 6.45) is 1.75. The van der Waals surface area contributed by atoms with Gasteiger partial charge in [0.15, 0.2) is 0 Å². The van der Waals surface area contributed by atoms with E-state index in [9.17, 15) is 14.9 Å². The van der Waals surface area contributed by atoms with Gasteiger partial charge in [0.25, 0.3) is 5.69 Å². The van der Waals surface area contributed by atoms with Crippen molar-refractivity contribution in [3.8, 4) is 0 Å². The Morgan fingerprint density at radius 3 is 2.62 bits per heavy atom. The highest BCUT2D eigenvalue weighted by atomic mass is 16.6. The average molecular weight is 391 g/mol. The molecule has 0 aliphatic carbocycles. The number of benzene rings is 2. The molecule has 0 radical (unpaired) electrons. The zero-order valence-electron chi connectivity index (χ0n) is 16.4. The first-order valence-corrected chi connectivity index (χ1v) is 9.25. The number of amides is 1. The Labute approximate surface area is 166 Å². The zero-order valence-corrected chi connectivity index (χ0v) is 16.4. The van der Waals surface area contributed by atoms with Crippen LogP contribution >= 0.6 is 0 Å². The SMILES string of the molecule is CC(C)(C)n1c(NC(=O)Cn2ccc3cc([N+](=O)[O-])ccc32)nc2ccccc21. The number of hydrogen-bond donors (Lipinski definition) is 1. The lowest BCUT2D eigenvalue weighted by Crippen LogP contribution is -2.27. The molecule has 29 heavy (non-hydrogen) atoms. The maximum absolute atomic E-state index is 12.8. The molecule has 0 fully saturated rings. The van der Waals surface area contributed by atoms with Crippen LogP contribution in [0.4, 0.5) is 11.6 Å². The quantitative estimate of drug-likeness (QED) is 0.415. The smallest absolute Gasteiger partial charge is 0.270 e. The molecule has 8 nitrogen and oxygen atoms in total. The average Bonchev–Trinajstić information content (AvgIpc) is 3.21. The number of rotatable bonds is 4. The third-order valence-electron chi connectivity index (χ3n) is 4.76. The fraction of sp³-hybridized carbons (Fsp3) is 0.238. The minimum atomic E-state index is -0.430. The summed E-state index contributed by atoms with van der Waals surface area (Å²) in [7, 11) is 0. The third-order valence-corrected chi connectivity index (χ3v) is 4.76. The molecule has 0 unspecified atom stereocenters. The molecule has 0 bridgehead atoms. The van der Waals surface area contributed by atoms with Crippen molar-refractivity contribution in [3.05, 3.63) is 64.8 Å². The van der Waals surface area contributed by atoms with Gasteiger partial charge in [-0.05, 0) is 45.0 Å². The van der Waals surface area contributed by atoms with Gasteiger partial charge in [0, 0.05) is 34.8 Å². The van der Waals surface area contributed by atoms with E-state index in [2.05, 4.69) is 31.1 Å². The molecule has 0 spiro atoms. The van der Waals surface area contributed by atoms with E-state index in [4.69, 9.17) is 0 Å². The van der Waals surface area contributed by atoms with E-state index in [0.717, 1.165) is 16.6 Å².